The molecular weight excluding hydrogens is 402 g/mol. The van der Waals surface area contributed by atoms with Gasteiger partial charge < -0.3 is 10.4 Å². The normalized spacial score (nSPS) is 14.7. The Hall–Kier alpha value is -4.26. The van der Waals surface area contributed by atoms with Crippen molar-refractivity contribution in [2.45, 2.75) is 19.4 Å². The van der Waals surface area contributed by atoms with Gasteiger partial charge in [0.25, 0.3) is 0 Å². The highest BCUT2D eigenvalue weighted by Crippen LogP contribution is 2.32. The van der Waals surface area contributed by atoms with E-state index in [-0.39, 0.29) is 18.1 Å². The molecule has 0 saturated carbocycles. The number of rotatable bonds is 4. The fraction of sp³-hybridized carbons (Fsp3) is 0.120. The van der Waals surface area contributed by atoms with E-state index in [1.807, 2.05) is 66.1 Å². The summed E-state index contributed by atoms with van der Waals surface area (Å²) >= 11 is 0. The molecule has 0 radical (unpaired) electrons. The first-order valence-corrected chi connectivity index (χ1v) is 10.3. The summed E-state index contributed by atoms with van der Waals surface area (Å²) in [6.07, 6.45) is 0.101. The number of carbonyl (C=O) groups is 1. The number of hydrogen-bond acceptors (Lipinski definition) is 5. The molecule has 7 nitrogen and oxygen atoms in total. The molecule has 1 amide bonds. The lowest BCUT2D eigenvalue weighted by Gasteiger charge is -2.13. The molecule has 3 aromatic carbocycles. The number of para-hydroxylation sites is 1. The van der Waals surface area contributed by atoms with E-state index in [1.165, 1.54) is 12.1 Å². The third-order valence-corrected chi connectivity index (χ3v) is 5.41. The zero-order chi connectivity index (χ0) is 22.1. The highest BCUT2D eigenvalue weighted by molar-refractivity contribution is 6.15. The lowest BCUT2D eigenvalue weighted by molar-refractivity contribution is -0.116. The average molecular weight is 423 g/mol. The van der Waals surface area contributed by atoms with Crippen LogP contribution in [0.2, 0.25) is 0 Å². The number of fused-ring (bicyclic) bond motifs is 3. The number of aryl methyl sites for hydroxylation is 1. The van der Waals surface area contributed by atoms with Crippen molar-refractivity contribution in [3.63, 3.8) is 0 Å². The number of phenols is 1. The maximum atomic E-state index is 12.9. The summed E-state index contributed by atoms with van der Waals surface area (Å²) < 4.78 is 1.98. The second kappa shape index (κ2) is 8.11. The van der Waals surface area contributed by atoms with Crippen LogP contribution in [0.15, 0.2) is 83.9 Å². The SMILES string of the molecule is Cc1nnc2n1-c1ccccc1C(c1ccccc1)=N[C@H]2CC(=O)Nc1ccc(O)cc1. The molecule has 0 aliphatic carbocycles. The van der Waals surface area contributed by atoms with Crippen molar-refractivity contribution >= 4 is 17.3 Å². The number of aliphatic imine (C=N–C) groups is 1. The molecule has 1 atom stereocenters. The smallest absolute Gasteiger partial charge is 0.227 e. The number of nitrogens with one attached hydrogen (secondary N) is 1. The molecule has 7 heteroatoms. The zero-order valence-corrected chi connectivity index (χ0v) is 17.4. The van der Waals surface area contributed by atoms with Crippen LogP contribution >= 0.6 is 0 Å². The standard InChI is InChI=1S/C25H21N5O2/c1-16-28-29-25-21(15-23(32)26-18-11-13-19(31)14-12-18)27-24(17-7-3-2-4-8-17)20-9-5-6-10-22(20)30(16)25/h2-14,21,31H,15H2,1H3,(H,26,32)/t21-/m0/s1. The number of carbonyl (C=O) groups excluding carboxylic acids is 1. The van der Waals surface area contributed by atoms with Crippen molar-refractivity contribution in [1.82, 2.24) is 14.8 Å². The first kappa shape index (κ1) is 19.7. The van der Waals surface area contributed by atoms with Gasteiger partial charge in [0.2, 0.25) is 5.91 Å². The van der Waals surface area contributed by atoms with Crippen LogP contribution in [0.4, 0.5) is 5.69 Å². The highest BCUT2D eigenvalue weighted by Gasteiger charge is 2.29. The molecule has 0 fully saturated rings. The molecule has 4 aromatic rings. The number of amides is 1. The number of aromatic hydroxyl groups is 1. The predicted octanol–water partition coefficient (Wildman–Crippen LogP) is 4.20. The molecule has 0 unspecified atom stereocenters. The number of phenolic OH excluding ortho intramolecular Hbond substituents is 1. The lowest BCUT2D eigenvalue weighted by Crippen LogP contribution is -2.17. The molecule has 1 aromatic heterocycles. The Labute approximate surface area is 185 Å². The fourth-order valence-corrected chi connectivity index (χ4v) is 3.94. The van der Waals surface area contributed by atoms with Crippen LogP contribution in [0.1, 0.15) is 35.2 Å². The predicted molar refractivity (Wildman–Crippen MR) is 122 cm³/mol. The van der Waals surface area contributed by atoms with Crippen LogP contribution in [-0.2, 0) is 4.79 Å². The first-order valence-electron chi connectivity index (χ1n) is 10.3. The third kappa shape index (κ3) is 3.65. The number of benzene rings is 3. The Morgan fingerprint density at radius 3 is 2.47 bits per heavy atom. The molecule has 0 saturated heterocycles. The van der Waals surface area contributed by atoms with Gasteiger partial charge in [-0.15, -0.1) is 10.2 Å². The molecule has 32 heavy (non-hydrogen) atoms. The van der Waals surface area contributed by atoms with Gasteiger partial charge in [0, 0.05) is 16.8 Å². The Balaban J connectivity index is 1.58. The van der Waals surface area contributed by atoms with Crippen LogP contribution in [0.5, 0.6) is 5.75 Å². The minimum absolute atomic E-state index is 0.101. The van der Waals surface area contributed by atoms with Crippen molar-refractivity contribution in [3.8, 4) is 11.4 Å². The summed E-state index contributed by atoms with van der Waals surface area (Å²) in [6.45, 7) is 1.90. The van der Waals surface area contributed by atoms with Gasteiger partial charge in [-0.2, -0.15) is 0 Å². The van der Waals surface area contributed by atoms with E-state index < -0.39 is 6.04 Å². The first-order chi connectivity index (χ1) is 15.6. The van der Waals surface area contributed by atoms with Gasteiger partial charge in [-0.25, -0.2) is 0 Å². The van der Waals surface area contributed by atoms with Gasteiger partial charge in [-0.05, 0) is 37.3 Å². The van der Waals surface area contributed by atoms with Crippen LogP contribution < -0.4 is 5.32 Å². The van der Waals surface area contributed by atoms with Gasteiger partial charge in [0.05, 0.1) is 17.8 Å². The van der Waals surface area contributed by atoms with Gasteiger partial charge in [0.1, 0.15) is 17.6 Å². The summed E-state index contributed by atoms with van der Waals surface area (Å²) in [6, 6.07) is 23.8. The maximum absolute atomic E-state index is 12.9. The molecule has 2 N–H and O–H groups in total. The maximum Gasteiger partial charge on any atom is 0.227 e. The fourth-order valence-electron chi connectivity index (χ4n) is 3.94. The number of anilines is 1. The number of hydrogen-bond donors (Lipinski definition) is 2. The summed E-state index contributed by atoms with van der Waals surface area (Å²) in [5.41, 5.74) is 4.29. The van der Waals surface area contributed by atoms with Crippen molar-refractivity contribution in [1.29, 1.82) is 0 Å². The van der Waals surface area contributed by atoms with E-state index in [1.54, 1.807) is 12.1 Å². The number of aromatic nitrogens is 3. The summed E-state index contributed by atoms with van der Waals surface area (Å²) in [7, 11) is 0. The Bertz CT molecular complexity index is 1310. The van der Waals surface area contributed by atoms with Gasteiger partial charge in [-0.3, -0.25) is 14.4 Å². The van der Waals surface area contributed by atoms with E-state index in [4.69, 9.17) is 4.99 Å². The van der Waals surface area contributed by atoms with E-state index in [9.17, 15) is 9.90 Å². The van der Waals surface area contributed by atoms with Crippen LogP contribution in [-0.4, -0.2) is 31.5 Å². The quantitative estimate of drug-likeness (QED) is 0.481. The zero-order valence-electron chi connectivity index (χ0n) is 17.4. The Morgan fingerprint density at radius 1 is 0.969 bits per heavy atom. The molecule has 1 aliphatic heterocycles. The van der Waals surface area contributed by atoms with E-state index in [0.717, 1.165) is 28.4 Å². The highest BCUT2D eigenvalue weighted by atomic mass is 16.3. The second-order valence-corrected chi connectivity index (χ2v) is 7.62. The van der Waals surface area contributed by atoms with Gasteiger partial charge in [0.15, 0.2) is 5.82 Å². The van der Waals surface area contributed by atoms with Crippen LogP contribution in [0, 0.1) is 6.92 Å². The molecule has 0 bridgehead atoms. The third-order valence-electron chi connectivity index (χ3n) is 5.41. The van der Waals surface area contributed by atoms with Crippen LogP contribution in [0.3, 0.4) is 0 Å². The molecule has 158 valence electrons. The van der Waals surface area contributed by atoms with E-state index >= 15 is 0 Å². The second-order valence-electron chi connectivity index (χ2n) is 7.62. The average Bonchev–Trinajstić information content (AvgIpc) is 3.13. The van der Waals surface area contributed by atoms with E-state index in [2.05, 4.69) is 15.5 Å². The minimum atomic E-state index is -0.518. The minimum Gasteiger partial charge on any atom is -0.508 e. The van der Waals surface area contributed by atoms with Gasteiger partial charge in [-0.1, -0.05) is 48.5 Å². The molecule has 1 aliphatic rings. The summed E-state index contributed by atoms with van der Waals surface area (Å²) in [5, 5.41) is 21.0. The van der Waals surface area contributed by atoms with Crippen molar-refractivity contribution < 1.29 is 9.90 Å². The topological polar surface area (TPSA) is 92.4 Å². The molecule has 5 rings (SSSR count). The number of nitrogens with zero attached hydrogens (tertiary/aromatic N) is 4. The summed E-state index contributed by atoms with van der Waals surface area (Å²) in [4.78, 5) is 17.9. The van der Waals surface area contributed by atoms with Crippen LogP contribution in [0.25, 0.3) is 5.69 Å². The van der Waals surface area contributed by atoms with Gasteiger partial charge >= 0.3 is 0 Å². The molecule has 0 spiro atoms. The van der Waals surface area contributed by atoms with E-state index in [0.29, 0.717) is 11.5 Å². The Kier molecular flexibility index (Phi) is 4.99. The molecular formula is C25H21N5O2. The van der Waals surface area contributed by atoms with Crippen molar-refractivity contribution in [2.24, 2.45) is 4.99 Å². The molecule has 2 heterocycles. The van der Waals surface area contributed by atoms with Crippen molar-refractivity contribution in [2.75, 3.05) is 5.32 Å². The summed E-state index contributed by atoms with van der Waals surface area (Å²) in [5.74, 6) is 1.31. The largest absolute Gasteiger partial charge is 0.508 e. The monoisotopic (exact) mass is 423 g/mol. The lowest BCUT2D eigenvalue weighted by atomic mass is 10.0. The van der Waals surface area contributed by atoms with Crippen molar-refractivity contribution in [3.05, 3.63) is 102 Å². The Morgan fingerprint density at radius 2 is 1.69 bits per heavy atom.